The molecule has 106 valence electrons. The van der Waals surface area contributed by atoms with E-state index >= 15 is 0 Å². The number of allylic oxidation sites excluding steroid dienone is 2. The predicted octanol–water partition coefficient (Wildman–Crippen LogP) is 0.532. The van der Waals surface area contributed by atoms with Crippen molar-refractivity contribution < 1.29 is 14.4 Å². The molecule has 0 saturated carbocycles. The molecule has 1 rings (SSSR count). The van der Waals surface area contributed by atoms with Crippen molar-refractivity contribution in [3.8, 4) is 0 Å². The van der Waals surface area contributed by atoms with Gasteiger partial charge in [-0.15, -0.1) is 0 Å². The maximum atomic E-state index is 10.9. The van der Waals surface area contributed by atoms with Crippen molar-refractivity contribution >= 4 is 11.8 Å². The smallest absolute Gasteiger partial charge is 0.207 e. The van der Waals surface area contributed by atoms with Crippen LogP contribution in [-0.4, -0.2) is 35.9 Å². The fourth-order valence-corrected chi connectivity index (χ4v) is 2.33. The Hall–Kier alpha value is -1.46. The summed E-state index contributed by atoms with van der Waals surface area (Å²) in [6.45, 7) is 2.91. The molecule has 0 aliphatic carbocycles. The number of hydrogen-bond donors (Lipinski definition) is 1. The molecule has 5 heteroatoms. The molecule has 1 aliphatic rings. The van der Waals surface area contributed by atoms with Gasteiger partial charge < -0.3 is 15.6 Å². The minimum absolute atomic E-state index is 0.0819. The van der Waals surface area contributed by atoms with E-state index < -0.39 is 5.97 Å². The first-order valence-corrected chi connectivity index (χ1v) is 6.77. The summed E-state index contributed by atoms with van der Waals surface area (Å²) in [5.41, 5.74) is 5.60. The molecule has 2 N–H and O–H groups in total. The molecule has 0 saturated heterocycles. The highest BCUT2D eigenvalue weighted by atomic mass is 16.4. The molecule has 0 radical (unpaired) electrons. The minimum Gasteiger partial charge on any atom is -0.544 e. The third kappa shape index (κ3) is 4.61. The fourth-order valence-electron chi connectivity index (χ4n) is 2.33. The van der Waals surface area contributed by atoms with Crippen LogP contribution in [0.3, 0.4) is 0 Å². The van der Waals surface area contributed by atoms with Crippen LogP contribution in [0.25, 0.3) is 0 Å². The van der Waals surface area contributed by atoms with Crippen LogP contribution in [-0.2, 0) is 4.79 Å². The predicted molar refractivity (Wildman–Crippen MR) is 73.9 cm³/mol. The Morgan fingerprint density at radius 2 is 2.32 bits per heavy atom. The summed E-state index contributed by atoms with van der Waals surface area (Å²) in [5, 5.41) is 10.9. The van der Waals surface area contributed by atoms with Gasteiger partial charge in [-0.3, -0.25) is 0 Å². The Balaban J connectivity index is 2.57. The van der Waals surface area contributed by atoms with Crippen LogP contribution in [0.15, 0.2) is 29.5 Å². The van der Waals surface area contributed by atoms with Crippen molar-refractivity contribution in [2.24, 2.45) is 10.7 Å². The molecule has 1 atom stereocenters. The van der Waals surface area contributed by atoms with Gasteiger partial charge in [-0.1, -0.05) is 12.2 Å². The lowest BCUT2D eigenvalue weighted by molar-refractivity contribution is -0.780. The molecule has 1 aliphatic heterocycles. The second-order valence-electron chi connectivity index (χ2n) is 4.73. The molecular weight excluding hydrogens is 242 g/mol. The molecule has 1 unspecified atom stereocenters. The molecule has 0 spiro atoms. The number of carboxylic acid groups (broad SMARTS) is 1. The number of rotatable bonds is 9. The van der Waals surface area contributed by atoms with E-state index in [9.17, 15) is 9.90 Å². The molecule has 0 bridgehead atoms. The number of nitrogens with zero attached hydrogens (tertiary/aromatic N) is 2. The molecule has 1 heterocycles. The lowest BCUT2D eigenvalue weighted by atomic mass is 10.1. The molecule has 19 heavy (non-hydrogen) atoms. The van der Waals surface area contributed by atoms with Crippen LogP contribution in [0.1, 0.15) is 32.6 Å². The SMILES string of the molecule is C/C=C/CCCCC1=NC=C[N+]1(CCN)CC(=O)[O-]. The summed E-state index contributed by atoms with van der Waals surface area (Å²) in [6.07, 6.45) is 11.6. The van der Waals surface area contributed by atoms with Crippen LogP contribution in [0, 0.1) is 0 Å². The number of carboxylic acids is 1. The van der Waals surface area contributed by atoms with E-state index in [0.717, 1.165) is 31.5 Å². The highest BCUT2D eigenvalue weighted by Gasteiger charge is 2.34. The van der Waals surface area contributed by atoms with Gasteiger partial charge in [-0.05, 0) is 26.2 Å². The number of unbranched alkanes of at least 4 members (excludes halogenated alkanes) is 2. The summed E-state index contributed by atoms with van der Waals surface area (Å²) in [6, 6.07) is 0. The van der Waals surface area contributed by atoms with Gasteiger partial charge in [0.05, 0.1) is 12.2 Å². The molecule has 0 aromatic heterocycles. The number of carbonyl (C=O) groups excluding carboxylic acids is 1. The second kappa shape index (κ2) is 7.86. The number of carbonyl (C=O) groups is 1. The summed E-state index contributed by atoms with van der Waals surface area (Å²) in [7, 11) is 0. The van der Waals surface area contributed by atoms with Crippen LogP contribution in [0.5, 0.6) is 0 Å². The van der Waals surface area contributed by atoms with Gasteiger partial charge in [-0.2, -0.15) is 0 Å². The van der Waals surface area contributed by atoms with Crippen molar-refractivity contribution in [3.05, 3.63) is 24.6 Å². The first-order valence-electron chi connectivity index (χ1n) is 6.77. The maximum absolute atomic E-state index is 10.9. The highest BCUT2D eigenvalue weighted by Crippen LogP contribution is 2.20. The fraction of sp³-hybridized carbons (Fsp3) is 0.571. The van der Waals surface area contributed by atoms with E-state index in [0.29, 0.717) is 13.1 Å². The number of aliphatic imine (C=N–C) groups is 1. The summed E-state index contributed by atoms with van der Waals surface area (Å²) in [4.78, 5) is 15.3. The van der Waals surface area contributed by atoms with Crippen LogP contribution < -0.4 is 10.8 Å². The Morgan fingerprint density at radius 3 is 2.95 bits per heavy atom. The standard InChI is InChI=1S/C14H23N3O2/c1-2-3-4-5-6-7-13-16-9-11-17(13,10-8-15)12-14(18)19/h2-3,9,11H,4-8,10,12,15H2,1H3/b3-2+. The van der Waals surface area contributed by atoms with Gasteiger partial charge in [0, 0.05) is 13.0 Å². The Kier molecular flexibility index (Phi) is 6.45. The molecule has 0 aromatic rings. The molecule has 5 nitrogen and oxygen atoms in total. The minimum atomic E-state index is -1.07. The molecular formula is C14H23N3O2. The van der Waals surface area contributed by atoms with Crippen molar-refractivity contribution in [1.29, 1.82) is 0 Å². The van der Waals surface area contributed by atoms with E-state index in [1.54, 1.807) is 6.20 Å². The van der Waals surface area contributed by atoms with E-state index in [1.807, 2.05) is 19.2 Å². The largest absolute Gasteiger partial charge is 0.544 e. The van der Waals surface area contributed by atoms with E-state index in [-0.39, 0.29) is 11.0 Å². The third-order valence-corrected chi connectivity index (χ3v) is 3.29. The van der Waals surface area contributed by atoms with Gasteiger partial charge in [0.25, 0.3) is 0 Å². The number of amidine groups is 1. The average Bonchev–Trinajstić information content (AvgIpc) is 2.71. The average molecular weight is 265 g/mol. The van der Waals surface area contributed by atoms with Gasteiger partial charge in [0.2, 0.25) is 5.84 Å². The number of aliphatic carboxylic acids is 1. The zero-order valence-electron chi connectivity index (χ0n) is 11.5. The molecule has 0 fully saturated rings. The van der Waals surface area contributed by atoms with E-state index in [2.05, 4.69) is 11.1 Å². The first kappa shape index (κ1) is 15.6. The van der Waals surface area contributed by atoms with Crippen molar-refractivity contribution in [1.82, 2.24) is 0 Å². The van der Waals surface area contributed by atoms with Crippen molar-refractivity contribution in [2.45, 2.75) is 32.6 Å². The number of quaternary nitrogens is 1. The normalized spacial score (nSPS) is 22.1. The first-order chi connectivity index (χ1) is 9.14. The summed E-state index contributed by atoms with van der Waals surface area (Å²) < 4.78 is 0.225. The van der Waals surface area contributed by atoms with Gasteiger partial charge >= 0.3 is 0 Å². The Morgan fingerprint density at radius 1 is 1.53 bits per heavy atom. The summed E-state index contributed by atoms with van der Waals surface area (Å²) in [5.74, 6) is -0.184. The van der Waals surface area contributed by atoms with Gasteiger partial charge in [0.15, 0.2) is 0 Å². The van der Waals surface area contributed by atoms with Crippen molar-refractivity contribution in [3.63, 3.8) is 0 Å². The van der Waals surface area contributed by atoms with Crippen LogP contribution >= 0.6 is 0 Å². The zero-order valence-corrected chi connectivity index (χ0v) is 11.5. The Bertz CT molecular complexity index is 388. The van der Waals surface area contributed by atoms with Gasteiger partial charge in [0.1, 0.15) is 19.3 Å². The lowest BCUT2D eigenvalue weighted by Crippen LogP contribution is -2.55. The van der Waals surface area contributed by atoms with Crippen LogP contribution in [0.2, 0.25) is 0 Å². The topological polar surface area (TPSA) is 78.5 Å². The zero-order chi connectivity index (χ0) is 14.1. The summed E-state index contributed by atoms with van der Waals surface area (Å²) >= 11 is 0. The molecule has 0 aromatic carbocycles. The van der Waals surface area contributed by atoms with E-state index in [4.69, 9.17) is 5.73 Å². The third-order valence-electron chi connectivity index (χ3n) is 3.29. The van der Waals surface area contributed by atoms with Crippen molar-refractivity contribution in [2.75, 3.05) is 19.6 Å². The number of nitrogens with two attached hydrogens (primary N) is 1. The van der Waals surface area contributed by atoms with E-state index in [1.165, 1.54) is 0 Å². The maximum Gasteiger partial charge on any atom is 0.207 e. The Labute approximate surface area is 114 Å². The monoisotopic (exact) mass is 265 g/mol. The van der Waals surface area contributed by atoms with Crippen LogP contribution in [0.4, 0.5) is 0 Å². The number of hydrogen-bond acceptors (Lipinski definition) is 4. The quantitative estimate of drug-likeness (QED) is 0.375. The lowest BCUT2D eigenvalue weighted by Gasteiger charge is -2.32. The molecule has 0 amide bonds. The van der Waals surface area contributed by atoms with Gasteiger partial charge in [-0.25, -0.2) is 9.48 Å². The highest BCUT2D eigenvalue weighted by molar-refractivity contribution is 5.80. The second-order valence-corrected chi connectivity index (χ2v) is 4.73.